The summed E-state index contributed by atoms with van der Waals surface area (Å²) in [6.07, 6.45) is -1.88. The molecule has 6 nitrogen and oxygen atoms in total. The van der Waals surface area contributed by atoms with E-state index < -0.39 is 35.9 Å². The Morgan fingerprint density at radius 1 is 0.707 bits per heavy atom. The first-order valence-electron chi connectivity index (χ1n) is 14.2. The number of rotatable bonds is 10. The van der Waals surface area contributed by atoms with Crippen LogP contribution >= 0.6 is 0 Å². The molecule has 0 amide bonds. The van der Waals surface area contributed by atoms with E-state index in [-0.39, 0.29) is 12.7 Å². The highest BCUT2D eigenvalue weighted by Crippen LogP contribution is 2.43. The average molecular weight is 552 g/mol. The van der Waals surface area contributed by atoms with Gasteiger partial charge in [-0.05, 0) is 36.1 Å². The minimum absolute atomic E-state index is 0.210. The molecule has 2 saturated heterocycles. The van der Waals surface area contributed by atoms with E-state index >= 15 is 0 Å². The summed E-state index contributed by atoms with van der Waals surface area (Å²) in [6.45, 7) is 4.42. The van der Waals surface area contributed by atoms with E-state index in [1.165, 1.54) is 0 Å². The largest absolute Gasteiger partial charge is 0.359 e. The van der Waals surface area contributed by atoms with Crippen LogP contribution in [0.1, 0.15) is 36.1 Å². The molecule has 6 heteroatoms. The second-order valence-electron chi connectivity index (χ2n) is 11.1. The minimum Gasteiger partial charge on any atom is -0.359 e. The van der Waals surface area contributed by atoms with Crippen LogP contribution in [0.3, 0.4) is 0 Å². The van der Waals surface area contributed by atoms with E-state index in [9.17, 15) is 0 Å². The maximum absolute atomic E-state index is 6.98. The van der Waals surface area contributed by atoms with Crippen LogP contribution in [0.5, 0.6) is 0 Å². The molecule has 4 aromatic rings. The van der Waals surface area contributed by atoms with Gasteiger partial charge in [0.15, 0.2) is 12.1 Å². The fourth-order valence-electron chi connectivity index (χ4n) is 5.91. The Morgan fingerprint density at radius 2 is 1.17 bits per heavy atom. The van der Waals surface area contributed by atoms with Crippen LogP contribution < -0.4 is 5.73 Å². The standard InChI is InChI=1S/C35H37NO5/c1-34(2)40-31-30(39-33(32(31)41-34)37-23-25-15-7-3-8-16-25)29(36)24-38-35(26-17-9-4-10-18-26,27-19-11-5-12-20-27)28-21-13-6-14-22-28/h3-22,29-33H,23-24,36H2,1-2H3/t29?,30-,31-,32?,33+/m1/s1. The van der Waals surface area contributed by atoms with Crippen molar-refractivity contribution in [1.29, 1.82) is 0 Å². The number of benzene rings is 4. The summed E-state index contributed by atoms with van der Waals surface area (Å²) in [5.41, 5.74) is 10.1. The molecule has 0 saturated carbocycles. The molecule has 2 unspecified atom stereocenters. The Bertz CT molecular complexity index is 1290. The van der Waals surface area contributed by atoms with E-state index in [1.54, 1.807) is 0 Å². The van der Waals surface area contributed by atoms with Crippen LogP contribution in [0, 0.1) is 0 Å². The molecule has 41 heavy (non-hydrogen) atoms. The van der Waals surface area contributed by atoms with Crippen molar-refractivity contribution in [2.24, 2.45) is 5.73 Å². The lowest BCUT2D eigenvalue weighted by Gasteiger charge is -2.37. The first kappa shape index (κ1) is 27.8. The molecule has 0 aliphatic carbocycles. The van der Waals surface area contributed by atoms with Gasteiger partial charge in [-0.2, -0.15) is 0 Å². The lowest BCUT2D eigenvalue weighted by Crippen LogP contribution is -2.48. The molecule has 2 aliphatic rings. The Morgan fingerprint density at radius 3 is 1.68 bits per heavy atom. The van der Waals surface area contributed by atoms with Crippen molar-refractivity contribution in [3.8, 4) is 0 Å². The van der Waals surface area contributed by atoms with E-state index in [2.05, 4.69) is 36.4 Å². The van der Waals surface area contributed by atoms with E-state index in [0.29, 0.717) is 6.61 Å². The number of hydrogen-bond donors (Lipinski definition) is 1. The van der Waals surface area contributed by atoms with Gasteiger partial charge >= 0.3 is 0 Å². The highest BCUT2D eigenvalue weighted by Gasteiger charge is 2.57. The number of hydrogen-bond acceptors (Lipinski definition) is 6. The van der Waals surface area contributed by atoms with E-state index in [1.807, 2.05) is 98.8 Å². The van der Waals surface area contributed by atoms with Gasteiger partial charge in [0, 0.05) is 0 Å². The quantitative estimate of drug-likeness (QED) is 0.252. The first-order chi connectivity index (χ1) is 20.0. The monoisotopic (exact) mass is 551 g/mol. The van der Waals surface area contributed by atoms with Gasteiger partial charge in [-0.3, -0.25) is 0 Å². The van der Waals surface area contributed by atoms with Crippen LogP contribution in [0.25, 0.3) is 0 Å². The summed E-state index contributed by atoms with van der Waals surface area (Å²) < 4.78 is 32.2. The summed E-state index contributed by atoms with van der Waals surface area (Å²) in [5, 5.41) is 0. The van der Waals surface area contributed by atoms with Crippen molar-refractivity contribution in [2.75, 3.05) is 6.61 Å². The third-order valence-corrected chi connectivity index (χ3v) is 7.76. The number of nitrogens with two attached hydrogens (primary N) is 1. The maximum atomic E-state index is 6.98. The van der Waals surface area contributed by atoms with Gasteiger partial charge < -0.3 is 29.4 Å². The molecular weight excluding hydrogens is 514 g/mol. The topological polar surface area (TPSA) is 72.2 Å². The maximum Gasteiger partial charge on any atom is 0.187 e. The van der Waals surface area contributed by atoms with Crippen molar-refractivity contribution in [1.82, 2.24) is 0 Å². The molecule has 0 radical (unpaired) electrons. The Labute approximate surface area is 242 Å². The fourth-order valence-corrected chi connectivity index (χ4v) is 5.91. The van der Waals surface area contributed by atoms with Crippen LogP contribution in [0.15, 0.2) is 121 Å². The summed E-state index contributed by atoms with van der Waals surface area (Å²) >= 11 is 0. The zero-order valence-electron chi connectivity index (χ0n) is 23.5. The third-order valence-electron chi connectivity index (χ3n) is 7.76. The Kier molecular flexibility index (Phi) is 8.04. The van der Waals surface area contributed by atoms with Crippen LogP contribution in [0.2, 0.25) is 0 Å². The molecule has 2 aliphatic heterocycles. The fraction of sp³-hybridized carbons (Fsp3) is 0.314. The summed E-state index contributed by atoms with van der Waals surface area (Å²) in [4.78, 5) is 0. The summed E-state index contributed by atoms with van der Waals surface area (Å²) in [5.74, 6) is -0.770. The van der Waals surface area contributed by atoms with Crippen molar-refractivity contribution in [3.63, 3.8) is 0 Å². The molecule has 4 aromatic carbocycles. The van der Waals surface area contributed by atoms with Gasteiger partial charge in [0.05, 0.1) is 19.3 Å². The molecule has 2 fully saturated rings. The highest BCUT2D eigenvalue weighted by molar-refractivity contribution is 5.47. The van der Waals surface area contributed by atoms with Gasteiger partial charge in [0.2, 0.25) is 0 Å². The molecule has 5 atom stereocenters. The summed E-state index contributed by atoms with van der Waals surface area (Å²) in [7, 11) is 0. The van der Waals surface area contributed by atoms with Crippen molar-refractivity contribution in [2.45, 2.75) is 62.5 Å². The SMILES string of the molecule is CC1(C)OC2[C@@H](OCc3ccccc3)O[C@H](C(N)COC(c3ccccc3)(c3ccccc3)c3ccccc3)[C@H]2O1. The van der Waals surface area contributed by atoms with Crippen LogP contribution in [-0.4, -0.2) is 43.0 Å². The second kappa shape index (κ2) is 11.9. The Balaban J connectivity index is 1.28. The predicted molar refractivity (Wildman–Crippen MR) is 157 cm³/mol. The van der Waals surface area contributed by atoms with Crippen molar-refractivity contribution < 1.29 is 23.7 Å². The van der Waals surface area contributed by atoms with Crippen LogP contribution in [-0.2, 0) is 35.9 Å². The van der Waals surface area contributed by atoms with Gasteiger partial charge in [-0.15, -0.1) is 0 Å². The Hall–Kier alpha value is -3.36. The third kappa shape index (κ3) is 5.72. The van der Waals surface area contributed by atoms with Crippen molar-refractivity contribution in [3.05, 3.63) is 144 Å². The van der Waals surface area contributed by atoms with E-state index in [0.717, 1.165) is 22.3 Å². The van der Waals surface area contributed by atoms with Gasteiger partial charge in [-0.25, -0.2) is 0 Å². The normalized spacial score (nSPS) is 24.2. The first-order valence-corrected chi connectivity index (χ1v) is 14.2. The smallest absolute Gasteiger partial charge is 0.187 e. The molecule has 0 bridgehead atoms. The van der Waals surface area contributed by atoms with Gasteiger partial charge in [0.25, 0.3) is 0 Å². The van der Waals surface area contributed by atoms with Gasteiger partial charge in [-0.1, -0.05) is 121 Å². The van der Waals surface area contributed by atoms with Crippen molar-refractivity contribution >= 4 is 0 Å². The van der Waals surface area contributed by atoms with Gasteiger partial charge in [0.1, 0.15) is 23.9 Å². The molecule has 212 valence electrons. The zero-order valence-corrected chi connectivity index (χ0v) is 23.5. The number of ether oxygens (including phenoxy) is 5. The lowest BCUT2D eigenvalue weighted by atomic mass is 9.80. The molecule has 0 aromatic heterocycles. The predicted octanol–water partition coefficient (Wildman–Crippen LogP) is 5.78. The second-order valence-corrected chi connectivity index (χ2v) is 11.1. The molecular formula is C35H37NO5. The summed E-state index contributed by atoms with van der Waals surface area (Å²) in [6, 6.07) is 40.3. The molecule has 2 heterocycles. The zero-order chi connectivity index (χ0) is 28.3. The van der Waals surface area contributed by atoms with Crippen LogP contribution in [0.4, 0.5) is 0 Å². The molecule has 6 rings (SSSR count). The lowest BCUT2D eigenvalue weighted by molar-refractivity contribution is -0.239. The average Bonchev–Trinajstić information content (AvgIpc) is 3.51. The molecule has 0 spiro atoms. The number of fused-ring (bicyclic) bond motifs is 1. The van der Waals surface area contributed by atoms with E-state index in [4.69, 9.17) is 29.4 Å². The minimum atomic E-state index is -0.880. The highest BCUT2D eigenvalue weighted by atomic mass is 16.8. The molecule has 2 N–H and O–H groups in total.